The van der Waals surface area contributed by atoms with E-state index in [-0.39, 0.29) is 5.60 Å². The first-order chi connectivity index (χ1) is 6.91. The maximum atomic E-state index is 6.11. The van der Waals surface area contributed by atoms with E-state index < -0.39 is 0 Å². The second-order valence-electron chi connectivity index (χ2n) is 6.58. The maximum Gasteiger partial charge on any atom is 0.0731 e. The van der Waals surface area contributed by atoms with E-state index in [9.17, 15) is 0 Å². The fraction of sp³-hybridized carbons (Fsp3) is 0.857. The largest absolute Gasteiger partial charge is 0.371 e. The van der Waals surface area contributed by atoms with Crippen LogP contribution in [0.2, 0.25) is 0 Å². The second-order valence-corrected chi connectivity index (χ2v) is 6.58. The van der Waals surface area contributed by atoms with Crippen molar-refractivity contribution in [2.75, 3.05) is 6.61 Å². The summed E-state index contributed by atoms with van der Waals surface area (Å²) >= 11 is 0. The summed E-state index contributed by atoms with van der Waals surface area (Å²) in [4.78, 5) is 0. The average Bonchev–Trinajstić information content (AvgIpc) is 1.97. The summed E-state index contributed by atoms with van der Waals surface area (Å²) in [5.41, 5.74) is 2.14. The van der Waals surface area contributed by atoms with E-state index >= 15 is 0 Å². The van der Waals surface area contributed by atoms with E-state index in [1.165, 1.54) is 24.8 Å². The lowest BCUT2D eigenvalue weighted by Gasteiger charge is -2.49. The molecular weight excluding hydrogens is 184 g/mol. The lowest BCUT2D eigenvalue weighted by Crippen LogP contribution is -2.45. The third-order valence-electron chi connectivity index (χ3n) is 3.84. The highest BCUT2D eigenvalue weighted by Crippen LogP contribution is 2.49. The molecule has 2 rings (SSSR count). The summed E-state index contributed by atoms with van der Waals surface area (Å²) in [6.45, 7) is 10.2. The van der Waals surface area contributed by atoms with Crippen molar-refractivity contribution in [3.05, 3.63) is 11.6 Å². The molecule has 86 valence electrons. The third-order valence-corrected chi connectivity index (χ3v) is 3.84. The predicted molar refractivity (Wildman–Crippen MR) is 63.9 cm³/mol. The van der Waals surface area contributed by atoms with Gasteiger partial charge in [-0.15, -0.1) is 0 Å². The van der Waals surface area contributed by atoms with Gasteiger partial charge in [-0.05, 0) is 43.9 Å². The fourth-order valence-electron chi connectivity index (χ4n) is 3.90. The predicted octanol–water partition coefficient (Wildman–Crippen LogP) is 3.94. The Morgan fingerprint density at radius 1 is 1.33 bits per heavy atom. The molecule has 1 heteroatoms. The molecule has 2 unspecified atom stereocenters. The molecule has 1 aliphatic heterocycles. The quantitative estimate of drug-likeness (QED) is 0.548. The van der Waals surface area contributed by atoms with Crippen molar-refractivity contribution in [3.63, 3.8) is 0 Å². The van der Waals surface area contributed by atoms with Crippen molar-refractivity contribution in [2.24, 2.45) is 11.3 Å². The molecule has 0 aromatic carbocycles. The standard InChI is InChI=1S/C14H24O/c1-11-5-6-15-14(8-11)9-12(2)7-13(3,4)10-14/h5,12H,6-10H2,1-4H3. The molecule has 0 radical (unpaired) electrons. The number of rotatable bonds is 0. The number of hydrogen-bond donors (Lipinski definition) is 0. The van der Waals surface area contributed by atoms with Crippen molar-refractivity contribution in [3.8, 4) is 0 Å². The summed E-state index contributed by atoms with van der Waals surface area (Å²) in [6, 6.07) is 0. The smallest absolute Gasteiger partial charge is 0.0731 e. The zero-order chi connectivity index (χ0) is 11.1. The van der Waals surface area contributed by atoms with Crippen LogP contribution in [0.15, 0.2) is 11.6 Å². The molecule has 0 aromatic heterocycles. The Morgan fingerprint density at radius 3 is 2.67 bits per heavy atom. The van der Waals surface area contributed by atoms with Gasteiger partial charge in [0.25, 0.3) is 0 Å². The monoisotopic (exact) mass is 208 g/mol. The molecule has 0 amide bonds. The highest BCUT2D eigenvalue weighted by molar-refractivity contribution is 5.10. The van der Waals surface area contributed by atoms with Gasteiger partial charge in [-0.25, -0.2) is 0 Å². The Kier molecular flexibility index (Phi) is 2.70. The summed E-state index contributed by atoms with van der Waals surface area (Å²) < 4.78 is 6.11. The van der Waals surface area contributed by atoms with E-state index in [0.29, 0.717) is 5.41 Å². The van der Waals surface area contributed by atoms with Crippen LogP contribution >= 0.6 is 0 Å². The zero-order valence-electron chi connectivity index (χ0n) is 10.6. The van der Waals surface area contributed by atoms with Crippen LogP contribution in [-0.4, -0.2) is 12.2 Å². The van der Waals surface area contributed by atoms with Gasteiger partial charge in [0.1, 0.15) is 0 Å². The van der Waals surface area contributed by atoms with Crippen molar-refractivity contribution in [1.29, 1.82) is 0 Å². The van der Waals surface area contributed by atoms with Crippen LogP contribution in [0.1, 0.15) is 53.4 Å². The molecule has 0 N–H and O–H groups in total. The van der Waals surface area contributed by atoms with Crippen LogP contribution in [0, 0.1) is 11.3 Å². The number of ether oxygens (including phenoxy) is 1. The van der Waals surface area contributed by atoms with Crippen LogP contribution in [0.3, 0.4) is 0 Å². The van der Waals surface area contributed by atoms with Gasteiger partial charge in [0, 0.05) is 0 Å². The lowest BCUT2D eigenvalue weighted by molar-refractivity contribution is -0.107. The van der Waals surface area contributed by atoms with E-state index in [2.05, 4.69) is 33.8 Å². The van der Waals surface area contributed by atoms with E-state index in [0.717, 1.165) is 18.9 Å². The maximum absolute atomic E-state index is 6.11. The van der Waals surface area contributed by atoms with Gasteiger partial charge < -0.3 is 4.74 Å². The molecule has 1 heterocycles. The molecule has 2 atom stereocenters. The Morgan fingerprint density at radius 2 is 2.07 bits per heavy atom. The Bertz CT molecular complexity index is 277. The van der Waals surface area contributed by atoms with Gasteiger partial charge in [-0.2, -0.15) is 0 Å². The Balaban J connectivity index is 2.17. The topological polar surface area (TPSA) is 9.23 Å². The Hall–Kier alpha value is -0.300. The summed E-state index contributed by atoms with van der Waals surface area (Å²) in [6.07, 6.45) is 7.22. The first kappa shape index (κ1) is 11.2. The Labute approximate surface area is 93.9 Å². The van der Waals surface area contributed by atoms with Gasteiger partial charge in [0.15, 0.2) is 0 Å². The molecule has 0 bridgehead atoms. The van der Waals surface area contributed by atoms with Gasteiger partial charge in [-0.1, -0.05) is 32.4 Å². The van der Waals surface area contributed by atoms with Gasteiger partial charge >= 0.3 is 0 Å². The van der Waals surface area contributed by atoms with Gasteiger partial charge in [0.05, 0.1) is 12.2 Å². The third kappa shape index (κ3) is 2.44. The van der Waals surface area contributed by atoms with E-state index in [1.54, 1.807) is 0 Å². The van der Waals surface area contributed by atoms with Gasteiger partial charge in [-0.3, -0.25) is 0 Å². The highest BCUT2D eigenvalue weighted by Gasteiger charge is 2.44. The SMILES string of the molecule is CC1=CCOC2(C1)CC(C)CC(C)(C)C2. The normalized spacial score (nSPS) is 40.3. The summed E-state index contributed by atoms with van der Waals surface area (Å²) in [5, 5.41) is 0. The van der Waals surface area contributed by atoms with Gasteiger partial charge in [0.2, 0.25) is 0 Å². The summed E-state index contributed by atoms with van der Waals surface area (Å²) in [7, 11) is 0. The highest BCUT2D eigenvalue weighted by atomic mass is 16.5. The van der Waals surface area contributed by atoms with Crippen molar-refractivity contribution in [2.45, 2.75) is 59.0 Å². The minimum Gasteiger partial charge on any atom is -0.371 e. The molecule has 1 aliphatic carbocycles. The van der Waals surface area contributed by atoms with Crippen LogP contribution in [0.4, 0.5) is 0 Å². The van der Waals surface area contributed by atoms with Crippen LogP contribution in [-0.2, 0) is 4.74 Å². The lowest BCUT2D eigenvalue weighted by atomic mass is 9.64. The first-order valence-electron chi connectivity index (χ1n) is 6.20. The van der Waals surface area contributed by atoms with E-state index in [4.69, 9.17) is 4.74 Å². The molecule has 1 nitrogen and oxygen atoms in total. The molecule has 0 saturated heterocycles. The van der Waals surface area contributed by atoms with E-state index in [1.807, 2.05) is 0 Å². The molecule has 1 fully saturated rings. The van der Waals surface area contributed by atoms with Crippen molar-refractivity contribution >= 4 is 0 Å². The van der Waals surface area contributed by atoms with Crippen LogP contribution in [0.5, 0.6) is 0 Å². The minimum atomic E-state index is 0.167. The molecular formula is C14H24O. The second kappa shape index (κ2) is 3.62. The fourth-order valence-corrected chi connectivity index (χ4v) is 3.90. The van der Waals surface area contributed by atoms with Crippen LogP contribution < -0.4 is 0 Å². The molecule has 15 heavy (non-hydrogen) atoms. The van der Waals surface area contributed by atoms with Crippen molar-refractivity contribution < 1.29 is 4.74 Å². The first-order valence-corrected chi connectivity index (χ1v) is 6.20. The zero-order valence-corrected chi connectivity index (χ0v) is 10.6. The molecule has 0 aromatic rings. The van der Waals surface area contributed by atoms with Crippen LogP contribution in [0.25, 0.3) is 0 Å². The summed E-state index contributed by atoms with van der Waals surface area (Å²) in [5.74, 6) is 0.805. The molecule has 1 saturated carbocycles. The number of hydrogen-bond acceptors (Lipinski definition) is 1. The molecule has 2 aliphatic rings. The molecule has 1 spiro atoms. The average molecular weight is 208 g/mol. The minimum absolute atomic E-state index is 0.167. The van der Waals surface area contributed by atoms with Crippen molar-refractivity contribution in [1.82, 2.24) is 0 Å².